The van der Waals surface area contributed by atoms with E-state index in [2.05, 4.69) is 0 Å². The van der Waals surface area contributed by atoms with Gasteiger partial charge in [-0.1, -0.05) is 18.2 Å². The normalized spacial score (nSPS) is 10.2. The van der Waals surface area contributed by atoms with E-state index in [1.54, 1.807) is 16.7 Å². The first-order chi connectivity index (χ1) is 8.29. The third kappa shape index (κ3) is 4.77. The van der Waals surface area contributed by atoms with Crippen LogP contribution in [-0.2, 0) is 4.79 Å². The van der Waals surface area contributed by atoms with E-state index in [1.165, 1.54) is 0 Å². The monoisotopic (exact) mass is 255 g/mol. The van der Waals surface area contributed by atoms with Crippen molar-refractivity contribution in [3.05, 3.63) is 30.3 Å². The Morgan fingerprint density at radius 2 is 1.88 bits per heavy atom. The van der Waals surface area contributed by atoms with Crippen LogP contribution in [0.2, 0.25) is 0 Å². The first kappa shape index (κ1) is 14.0. The fraction of sp³-hybridized carbons (Fsp3) is 0.417. The number of para-hydroxylation sites is 1. The van der Waals surface area contributed by atoms with Gasteiger partial charge in [0.15, 0.2) is 0 Å². The molecule has 1 rings (SSSR count). The van der Waals surface area contributed by atoms with Gasteiger partial charge in [-0.25, -0.2) is 0 Å². The Morgan fingerprint density at radius 1 is 1.18 bits per heavy atom. The summed E-state index contributed by atoms with van der Waals surface area (Å²) in [6.07, 6.45) is 0. The Kier molecular flexibility index (Phi) is 6.69. The Balaban J connectivity index is 2.59. The molecule has 0 atom stereocenters. The molecule has 0 radical (unpaired) electrons. The fourth-order valence-electron chi connectivity index (χ4n) is 1.41. The van der Waals surface area contributed by atoms with Crippen molar-refractivity contribution in [2.24, 2.45) is 0 Å². The number of thioether (sulfide) groups is 1. The first-order valence-corrected chi connectivity index (χ1v) is 6.60. The number of carbonyl (C=O) groups is 1. The van der Waals surface area contributed by atoms with Gasteiger partial charge in [0, 0.05) is 23.7 Å². The largest absolute Gasteiger partial charge is 0.396 e. The van der Waals surface area contributed by atoms with Crippen LogP contribution < -0.4 is 4.90 Å². The molecule has 0 aliphatic heterocycles. The van der Waals surface area contributed by atoms with Crippen molar-refractivity contribution in [1.82, 2.24) is 0 Å². The summed E-state index contributed by atoms with van der Waals surface area (Å²) in [5.41, 5.74) is 0.788. The topological polar surface area (TPSA) is 60.8 Å². The lowest BCUT2D eigenvalue weighted by Gasteiger charge is -2.21. The molecule has 0 saturated heterocycles. The van der Waals surface area contributed by atoms with Crippen molar-refractivity contribution >= 4 is 23.4 Å². The Labute approximate surface area is 105 Å². The third-order valence-electron chi connectivity index (χ3n) is 2.20. The number of nitrogens with zero attached hydrogens (tertiary/aromatic N) is 1. The van der Waals surface area contributed by atoms with E-state index >= 15 is 0 Å². The summed E-state index contributed by atoms with van der Waals surface area (Å²) in [6, 6.07) is 9.27. The molecule has 5 heteroatoms. The Bertz CT molecular complexity index is 332. The molecule has 0 spiro atoms. The Hall–Kier alpha value is -1.04. The third-order valence-corrected chi connectivity index (χ3v) is 3.14. The highest BCUT2D eigenvalue weighted by Crippen LogP contribution is 2.14. The lowest BCUT2D eigenvalue weighted by atomic mass is 10.3. The van der Waals surface area contributed by atoms with Gasteiger partial charge in [0.05, 0.1) is 6.61 Å². The zero-order valence-electron chi connectivity index (χ0n) is 9.58. The van der Waals surface area contributed by atoms with Crippen molar-refractivity contribution in [3.8, 4) is 0 Å². The molecule has 4 nitrogen and oxygen atoms in total. The maximum Gasteiger partial charge on any atom is 0.252 e. The van der Waals surface area contributed by atoms with Crippen LogP contribution in [0.3, 0.4) is 0 Å². The summed E-state index contributed by atoms with van der Waals surface area (Å²) < 4.78 is 0. The first-order valence-electron chi connectivity index (χ1n) is 5.44. The number of anilines is 1. The number of benzene rings is 1. The molecule has 0 heterocycles. The minimum absolute atomic E-state index is 0.143. The zero-order valence-corrected chi connectivity index (χ0v) is 10.4. The van der Waals surface area contributed by atoms with Crippen molar-refractivity contribution in [1.29, 1.82) is 0 Å². The highest BCUT2D eigenvalue weighted by atomic mass is 32.2. The van der Waals surface area contributed by atoms with Gasteiger partial charge in [0.2, 0.25) is 0 Å². The number of rotatable bonds is 7. The smallest absolute Gasteiger partial charge is 0.252 e. The van der Waals surface area contributed by atoms with E-state index in [4.69, 9.17) is 10.2 Å². The number of carbonyl (C=O) groups excluding carboxylic acids is 1. The van der Waals surface area contributed by atoms with Crippen LogP contribution in [0, 0.1) is 0 Å². The molecule has 0 aromatic heterocycles. The summed E-state index contributed by atoms with van der Waals surface area (Å²) in [7, 11) is 0. The lowest BCUT2D eigenvalue weighted by Crippen LogP contribution is -2.35. The molecule has 2 N–H and O–H groups in total. The minimum Gasteiger partial charge on any atom is -0.396 e. The fourth-order valence-corrected chi connectivity index (χ4v) is 2.06. The Morgan fingerprint density at radius 3 is 2.47 bits per heavy atom. The van der Waals surface area contributed by atoms with Gasteiger partial charge in [0.1, 0.15) is 6.61 Å². The van der Waals surface area contributed by atoms with Gasteiger partial charge in [0.25, 0.3) is 5.91 Å². The summed E-state index contributed by atoms with van der Waals surface area (Å²) in [5, 5.41) is 17.6. The lowest BCUT2D eigenvalue weighted by molar-refractivity contribution is -0.121. The molecule has 0 unspecified atom stereocenters. The van der Waals surface area contributed by atoms with Crippen LogP contribution in [-0.4, -0.2) is 47.4 Å². The van der Waals surface area contributed by atoms with Gasteiger partial charge < -0.3 is 15.1 Å². The molecule has 1 aromatic rings. The van der Waals surface area contributed by atoms with E-state index in [0.717, 1.165) is 11.4 Å². The predicted molar refractivity (Wildman–Crippen MR) is 70.3 cm³/mol. The van der Waals surface area contributed by atoms with Crippen LogP contribution in [0.5, 0.6) is 0 Å². The second-order valence-electron chi connectivity index (χ2n) is 3.38. The van der Waals surface area contributed by atoms with Crippen molar-refractivity contribution < 1.29 is 15.0 Å². The zero-order chi connectivity index (χ0) is 12.5. The number of aliphatic hydroxyl groups excluding tert-OH is 2. The quantitative estimate of drug-likeness (QED) is 0.705. The summed E-state index contributed by atoms with van der Waals surface area (Å²) >= 11 is 1.58. The van der Waals surface area contributed by atoms with Gasteiger partial charge >= 0.3 is 0 Å². The number of amides is 1. The average Bonchev–Trinajstić information content (AvgIpc) is 2.39. The number of hydrogen-bond donors (Lipinski definition) is 2. The molecule has 1 amide bonds. The highest BCUT2D eigenvalue weighted by Gasteiger charge is 2.13. The van der Waals surface area contributed by atoms with E-state index in [9.17, 15) is 4.79 Å². The second-order valence-corrected chi connectivity index (χ2v) is 4.60. The minimum atomic E-state index is -0.487. The van der Waals surface area contributed by atoms with E-state index in [-0.39, 0.29) is 12.5 Å². The van der Waals surface area contributed by atoms with E-state index < -0.39 is 6.61 Å². The van der Waals surface area contributed by atoms with E-state index in [0.29, 0.717) is 12.3 Å². The molecule has 0 aliphatic rings. The van der Waals surface area contributed by atoms with Gasteiger partial charge in [-0.15, -0.1) is 0 Å². The second kappa shape index (κ2) is 8.11. The van der Waals surface area contributed by atoms with Crippen molar-refractivity contribution in [2.45, 2.75) is 0 Å². The highest BCUT2D eigenvalue weighted by molar-refractivity contribution is 7.99. The van der Waals surface area contributed by atoms with Gasteiger partial charge in [-0.3, -0.25) is 4.79 Å². The van der Waals surface area contributed by atoms with Crippen LogP contribution in [0.15, 0.2) is 30.3 Å². The van der Waals surface area contributed by atoms with Crippen molar-refractivity contribution in [3.63, 3.8) is 0 Å². The molecule has 94 valence electrons. The molecule has 0 aliphatic carbocycles. The van der Waals surface area contributed by atoms with Crippen LogP contribution >= 0.6 is 11.8 Å². The predicted octanol–water partition coefficient (Wildman–Crippen LogP) is 0.737. The average molecular weight is 255 g/mol. The summed E-state index contributed by atoms with van der Waals surface area (Å²) in [6.45, 7) is 0.192. The standard InChI is InChI=1S/C12H17NO3S/c14-7-9-17-8-6-13(12(16)10-15)11-4-2-1-3-5-11/h1-5,14-15H,6-10H2. The number of hydrogen-bond acceptors (Lipinski definition) is 4. The molecular formula is C12H17NO3S. The van der Waals surface area contributed by atoms with E-state index in [1.807, 2.05) is 30.3 Å². The summed E-state index contributed by atoms with van der Waals surface area (Å²) in [4.78, 5) is 13.2. The molecule has 0 fully saturated rings. The molecule has 17 heavy (non-hydrogen) atoms. The van der Waals surface area contributed by atoms with Crippen LogP contribution in [0.25, 0.3) is 0 Å². The van der Waals surface area contributed by atoms with Gasteiger partial charge in [-0.2, -0.15) is 11.8 Å². The van der Waals surface area contributed by atoms with Crippen LogP contribution in [0.1, 0.15) is 0 Å². The molecule has 0 bridgehead atoms. The molecular weight excluding hydrogens is 238 g/mol. The summed E-state index contributed by atoms with van der Waals surface area (Å²) in [5.74, 6) is 1.10. The molecule has 0 saturated carbocycles. The maximum absolute atomic E-state index is 11.6. The SMILES string of the molecule is O=C(CO)N(CCSCCO)c1ccccc1. The maximum atomic E-state index is 11.6. The van der Waals surface area contributed by atoms with Crippen LogP contribution in [0.4, 0.5) is 5.69 Å². The van der Waals surface area contributed by atoms with Gasteiger partial charge in [-0.05, 0) is 12.1 Å². The molecule has 1 aromatic carbocycles. The number of aliphatic hydroxyl groups is 2. The van der Waals surface area contributed by atoms with Crippen molar-refractivity contribution in [2.75, 3.05) is 36.2 Å².